The summed E-state index contributed by atoms with van der Waals surface area (Å²) in [4.78, 5) is 12.5. The summed E-state index contributed by atoms with van der Waals surface area (Å²) >= 11 is 0. The zero-order chi connectivity index (χ0) is 16.6. The fraction of sp³-hybridized carbons (Fsp3) is 0.632. The van der Waals surface area contributed by atoms with Gasteiger partial charge in [-0.1, -0.05) is 77.3 Å². The van der Waals surface area contributed by atoms with Gasteiger partial charge in [-0.15, -0.1) is 0 Å². The van der Waals surface area contributed by atoms with E-state index >= 15 is 0 Å². The minimum atomic E-state index is -1.58. The van der Waals surface area contributed by atoms with Crippen molar-refractivity contribution in [2.24, 2.45) is 5.41 Å². The highest BCUT2D eigenvalue weighted by atomic mass is 16.5. The van der Waals surface area contributed by atoms with Gasteiger partial charge < -0.3 is 9.84 Å². The molecule has 0 heterocycles. The van der Waals surface area contributed by atoms with E-state index in [9.17, 15) is 9.90 Å². The van der Waals surface area contributed by atoms with Crippen molar-refractivity contribution < 1.29 is 14.6 Å². The van der Waals surface area contributed by atoms with E-state index in [-0.39, 0.29) is 5.41 Å². The van der Waals surface area contributed by atoms with Crippen molar-refractivity contribution in [1.82, 2.24) is 0 Å². The van der Waals surface area contributed by atoms with E-state index < -0.39 is 11.6 Å². The number of ether oxygens (including phenoxy) is 1. The summed E-state index contributed by atoms with van der Waals surface area (Å²) in [5.41, 5.74) is -1.17. The fourth-order valence-corrected chi connectivity index (χ4v) is 2.59. The average Bonchev–Trinajstić information content (AvgIpc) is 2.46. The second kappa shape index (κ2) is 8.33. The van der Waals surface area contributed by atoms with Crippen LogP contribution in [0.3, 0.4) is 0 Å². The van der Waals surface area contributed by atoms with Gasteiger partial charge in [-0.2, -0.15) is 0 Å². The molecule has 0 aliphatic carbocycles. The van der Waals surface area contributed by atoms with Gasteiger partial charge in [0.25, 0.3) is 0 Å². The molecule has 1 N–H and O–H groups in total. The third-order valence-corrected chi connectivity index (χ3v) is 3.61. The molecule has 0 spiro atoms. The molecule has 0 fully saturated rings. The van der Waals surface area contributed by atoms with E-state index in [4.69, 9.17) is 4.74 Å². The molecule has 0 saturated carbocycles. The van der Waals surface area contributed by atoms with Crippen molar-refractivity contribution in [1.29, 1.82) is 0 Å². The molecular weight excluding hydrogens is 276 g/mol. The molecule has 0 aliphatic rings. The molecule has 1 aromatic carbocycles. The van der Waals surface area contributed by atoms with Gasteiger partial charge >= 0.3 is 5.97 Å². The largest absolute Gasteiger partial charge is 0.463 e. The third-order valence-electron chi connectivity index (χ3n) is 3.61. The van der Waals surface area contributed by atoms with E-state index in [1.807, 2.05) is 39.0 Å². The molecule has 1 unspecified atom stereocenters. The van der Waals surface area contributed by atoms with Crippen LogP contribution in [0.4, 0.5) is 0 Å². The highest BCUT2D eigenvalue weighted by molar-refractivity contribution is 5.81. The SMILES string of the molecule is CCCCCCOC(=O)C(O)(CC(C)(C)C)c1ccccc1. The predicted molar refractivity (Wildman–Crippen MR) is 89.5 cm³/mol. The Kier molecular flexibility index (Phi) is 7.08. The summed E-state index contributed by atoms with van der Waals surface area (Å²) in [6.07, 6.45) is 4.51. The number of esters is 1. The van der Waals surface area contributed by atoms with Gasteiger partial charge in [0.15, 0.2) is 5.60 Å². The topological polar surface area (TPSA) is 46.5 Å². The molecule has 0 aromatic heterocycles. The number of rotatable bonds is 8. The Morgan fingerprint density at radius 2 is 1.73 bits per heavy atom. The fourth-order valence-electron chi connectivity index (χ4n) is 2.59. The summed E-state index contributed by atoms with van der Waals surface area (Å²) < 4.78 is 5.37. The van der Waals surface area contributed by atoms with Gasteiger partial charge in [0, 0.05) is 0 Å². The highest BCUT2D eigenvalue weighted by Crippen LogP contribution is 2.35. The van der Waals surface area contributed by atoms with Crippen molar-refractivity contribution in [2.75, 3.05) is 6.61 Å². The number of carbonyl (C=O) groups is 1. The molecule has 1 aromatic rings. The first-order valence-electron chi connectivity index (χ1n) is 8.25. The second-order valence-electron chi connectivity index (χ2n) is 7.16. The first-order valence-corrected chi connectivity index (χ1v) is 8.25. The monoisotopic (exact) mass is 306 g/mol. The van der Waals surface area contributed by atoms with Crippen molar-refractivity contribution in [3.05, 3.63) is 35.9 Å². The first-order chi connectivity index (χ1) is 10.3. The normalized spacial score (nSPS) is 14.4. The maximum absolute atomic E-state index is 12.5. The Balaban J connectivity index is 2.80. The Morgan fingerprint density at radius 3 is 2.27 bits per heavy atom. The minimum Gasteiger partial charge on any atom is -0.463 e. The van der Waals surface area contributed by atoms with Crippen LogP contribution in [0, 0.1) is 5.41 Å². The number of hydrogen-bond donors (Lipinski definition) is 1. The maximum Gasteiger partial charge on any atom is 0.342 e. The Morgan fingerprint density at radius 1 is 1.09 bits per heavy atom. The standard InChI is InChI=1S/C19H30O3/c1-5-6-7-11-14-22-17(20)19(21,15-18(2,3)4)16-12-9-8-10-13-16/h8-10,12-13,21H,5-7,11,14-15H2,1-4H3. The number of carbonyl (C=O) groups excluding carboxylic acids is 1. The van der Waals surface area contributed by atoms with Crippen molar-refractivity contribution in [3.8, 4) is 0 Å². The van der Waals surface area contributed by atoms with Gasteiger partial charge in [0.05, 0.1) is 6.61 Å². The van der Waals surface area contributed by atoms with Gasteiger partial charge in [0.2, 0.25) is 0 Å². The zero-order valence-electron chi connectivity index (χ0n) is 14.4. The smallest absolute Gasteiger partial charge is 0.342 e. The van der Waals surface area contributed by atoms with Crippen molar-refractivity contribution in [2.45, 2.75) is 65.4 Å². The lowest BCUT2D eigenvalue weighted by atomic mass is 9.78. The molecule has 3 nitrogen and oxygen atoms in total. The van der Waals surface area contributed by atoms with E-state index in [0.717, 1.165) is 25.7 Å². The van der Waals surface area contributed by atoms with Gasteiger partial charge in [0.1, 0.15) is 0 Å². The lowest BCUT2D eigenvalue weighted by Gasteiger charge is -2.32. The van der Waals surface area contributed by atoms with E-state index in [2.05, 4.69) is 6.92 Å². The zero-order valence-corrected chi connectivity index (χ0v) is 14.4. The van der Waals surface area contributed by atoms with Crippen LogP contribution >= 0.6 is 0 Å². The lowest BCUT2D eigenvalue weighted by Crippen LogP contribution is -2.40. The Bertz CT molecular complexity index is 447. The van der Waals surface area contributed by atoms with Gasteiger partial charge in [-0.05, 0) is 23.8 Å². The number of benzene rings is 1. The molecule has 124 valence electrons. The third kappa shape index (κ3) is 5.80. The Hall–Kier alpha value is -1.35. The molecule has 0 bridgehead atoms. The van der Waals surface area contributed by atoms with Crippen LogP contribution in [0.5, 0.6) is 0 Å². The van der Waals surface area contributed by atoms with E-state index in [1.165, 1.54) is 0 Å². The molecule has 22 heavy (non-hydrogen) atoms. The van der Waals surface area contributed by atoms with Crippen LogP contribution in [0.2, 0.25) is 0 Å². The molecule has 3 heteroatoms. The number of unbranched alkanes of at least 4 members (excludes halogenated alkanes) is 3. The van der Waals surface area contributed by atoms with Crippen LogP contribution in [0.1, 0.15) is 65.4 Å². The molecule has 0 radical (unpaired) electrons. The summed E-state index contributed by atoms with van der Waals surface area (Å²) in [6.45, 7) is 8.54. The molecule has 0 amide bonds. The van der Waals surface area contributed by atoms with Crippen LogP contribution in [-0.2, 0) is 15.1 Å². The van der Waals surface area contributed by atoms with Crippen LogP contribution in [0.25, 0.3) is 0 Å². The second-order valence-corrected chi connectivity index (χ2v) is 7.16. The van der Waals surface area contributed by atoms with Crippen LogP contribution < -0.4 is 0 Å². The summed E-state index contributed by atoms with van der Waals surface area (Å²) in [5.74, 6) is -0.537. The predicted octanol–water partition coefficient (Wildman–Crippen LogP) is 4.43. The van der Waals surface area contributed by atoms with Crippen molar-refractivity contribution >= 4 is 5.97 Å². The maximum atomic E-state index is 12.5. The number of hydrogen-bond acceptors (Lipinski definition) is 3. The lowest BCUT2D eigenvalue weighted by molar-refractivity contribution is -0.170. The highest BCUT2D eigenvalue weighted by Gasteiger charge is 2.42. The first kappa shape index (κ1) is 18.7. The molecule has 0 aliphatic heterocycles. The quantitative estimate of drug-likeness (QED) is 0.571. The van der Waals surface area contributed by atoms with Crippen LogP contribution in [-0.4, -0.2) is 17.7 Å². The summed E-state index contributed by atoms with van der Waals surface area (Å²) in [5, 5.41) is 11.0. The van der Waals surface area contributed by atoms with Crippen LogP contribution in [0.15, 0.2) is 30.3 Å². The van der Waals surface area contributed by atoms with Gasteiger partial charge in [-0.3, -0.25) is 0 Å². The van der Waals surface area contributed by atoms with E-state index in [1.54, 1.807) is 12.1 Å². The van der Waals surface area contributed by atoms with Crippen molar-refractivity contribution in [3.63, 3.8) is 0 Å². The molecule has 1 rings (SSSR count). The summed E-state index contributed by atoms with van der Waals surface area (Å²) in [6, 6.07) is 9.10. The summed E-state index contributed by atoms with van der Waals surface area (Å²) in [7, 11) is 0. The number of aliphatic hydroxyl groups is 1. The van der Waals surface area contributed by atoms with Gasteiger partial charge in [-0.25, -0.2) is 4.79 Å². The molecule has 0 saturated heterocycles. The average molecular weight is 306 g/mol. The minimum absolute atomic E-state index is 0.189. The Labute approximate surface area is 134 Å². The van der Waals surface area contributed by atoms with E-state index in [0.29, 0.717) is 18.6 Å². The molecule has 1 atom stereocenters. The molecular formula is C19H30O3.